The molecule has 1 fully saturated rings. The van der Waals surface area contributed by atoms with Crippen molar-refractivity contribution in [3.8, 4) is 0 Å². The molecule has 1 saturated heterocycles. The van der Waals surface area contributed by atoms with E-state index in [4.69, 9.17) is 9.15 Å². The molecule has 2 heterocycles. The van der Waals surface area contributed by atoms with E-state index in [1.807, 2.05) is 6.26 Å². The minimum absolute atomic E-state index is 0.349. The summed E-state index contributed by atoms with van der Waals surface area (Å²) >= 11 is 0. The molecule has 1 unspecified atom stereocenters. The van der Waals surface area contributed by atoms with Gasteiger partial charge in [0.1, 0.15) is 5.76 Å². The summed E-state index contributed by atoms with van der Waals surface area (Å²) in [5.74, 6) is 1.18. The van der Waals surface area contributed by atoms with Crippen LogP contribution in [-0.2, 0) is 11.2 Å². The highest BCUT2D eigenvalue weighted by atomic mass is 16.5. The summed E-state index contributed by atoms with van der Waals surface area (Å²) in [6.45, 7) is 5.11. The Labute approximate surface area is 96.2 Å². The molecule has 88 valence electrons. The molecule has 1 aliphatic heterocycles. The van der Waals surface area contributed by atoms with Crippen LogP contribution >= 0.6 is 0 Å². The largest absolute Gasteiger partial charge is 0.469 e. The van der Waals surface area contributed by atoms with Gasteiger partial charge < -0.3 is 14.5 Å². The predicted octanol–water partition coefficient (Wildman–Crippen LogP) is 2.28. The molecule has 1 N–H and O–H groups in total. The third-order valence-electron chi connectivity index (χ3n) is 3.73. The lowest BCUT2D eigenvalue weighted by atomic mass is 9.87. The maximum absolute atomic E-state index is 5.49. The van der Waals surface area contributed by atoms with E-state index in [2.05, 4.69) is 18.3 Å². The standard InChI is InChI=1S/C13H19NO2/c1-13(8-15-9-13)7-14-11-3-2-4-12-10(11)5-6-16-12/h5-6,11,14H,2-4,7-9H2,1H3. The lowest BCUT2D eigenvalue weighted by Gasteiger charge is -2.39. The van der Waals surface area contributed by atoms with Gasteiger partial charge in [0.25, 0.3) is 0 Å². The van der Waals surface area contributed by atoms with E-state index in [-0.39, 0.29) is 0 Å². The Morgan fingerprint density at radius 3 is 3.12 bits per heavy atom. The summed E-state index contributed by atoms with van der Waals surface area (Å²) in [5.41, 5.74) is 1.72. The van der Waals surface area contributed by atoms with Crippen molar-refractivity contribution in [3.05, 3.63) is 23.7 Å². The van der Waals surface area contributed by atoms with Gasteiger partial charge in [-0.25, -0.2) is 0 Å². The van der Waals surface area contributed by atoms with Crippen molar-refractivity contribution >= 4 is 0 Å². The molecule has 0 radical (unpaired) electrons. The summed E-state index contributed by atoms with van der Waals surface area (Å²) in [4.78, 5) is 0. The molecule has 3 nitrogen and oxygen atoms in total. The van der Waals surface area contributed by atoms with Crippen molar-refractivity contribution in [2.75, 3.05) is 19.8 Å². The molecule has 3 rings (SSSR count). The second-order valence-corrected chi connectivity index (χ2v) is 5.43. The summed E-state index contributed by atoms with van der Waals surface area (Å²) in [7, 11) is 0. The molecule has 0 aromatic carbocycles. The highest BCUT2D eigenvalue weighted by Crippen LogP contribution is 2.32. The number of ether oxygens (including phenoxy) is 1. The van der Waals surface area contributed by atoms with E-state index < -0.39 is 0 Å². The Kier molecular flexibility index (Phi) is 2.52. The van der Waals surface area contributed by atoms with Crippen LogP contribution in [0.3, 0.4) is 0 Å². The van der Waals surface area contributed by atoms with Crippen LogP contribution < -0.4 is 5.32 Å². The molecule has 0 spiro atoms. The molecule has 16 heavy (non-hydrogen) atoms. The minimum Gasteiger partial charge on any atom is -0.469 e. The first-order valence-electron chi connectivity index (χ1n) is 6.14. The number of aryl methyl sites for hydroxylation is 1. The van der Waals surface area contributed by atoms with Crippen LogP contribution in [0, 0.1) is 5.41 Å². The lowest BCUT2D eigenvalue weighted by molar-refractivity contribution is -0.100. The highest BCUT2D eigenvalue weighted by molar-refractivity contribution is 5.24. The average Bonchev–Trinajstić information content (AvgIpc) is 2.72. The van der Waals surface area contributed by atoms with Crippen LogP contribution in [0.25, 0.3) is 0 Å². The molecule has 2 aliphatic rings. The van der Waals surface area contributed by atoms with E-state index in [0.29, 0.717) is 11.5 Å². The smallest absolute Gasteiger partial charge is 0.108 e. The third kappa shape index (κ3) is 1.78. The van der Waals surface area contributed by atoms with Crippen molar-refractivity contribution in [3.63, 3.8) is 0 Å². The Bertz CT molecular complexity index is 368. The quantitative estimate of drug-likeness (QED) is 0.850. The van der Waals surface area contributed by atoms with Gasteiger partial charge in [0.2, 0.25) is 0 Å². The van der Waals surface area contributed by atoms with E-state index in [9.17, 15) is 0 Å². The number of rotatable bonds is 3. The summed E-state index contributed by atoms with van der Waals surface area (Å²) < 4.78 is 10.8. The first-order valence-corrected chi connectivity index (χ1v) is 6.14. The zero-order chi connectivity index (χ0) is 11.0. The Balaban J connectivity index is 1.64. The Morgan fingerprint density at radius 2 is 2.38 bits per heavy atom. The van der Waals surface area contributed by atoms with Crippen molar-refractivity contribution in [1.82, 2.24) is 5.32 Å². The van der Waals surface area contributed by atoms with Crippen LogP contribution in [0.1, 0.15) is 37.1 Å². The molecule has 1 atom stereocenters. The maximum Gasteiger partial charge on any atom is 0.108 e. The molecular weight excluding hydrogens is 202 g/mol. The van der Waals surface area contributed by atoms with E-state index in [0.717, 1.165) is 26.2 Å². The van der Waals surface area contributed by atoms with Gasteiger partial charge in [0.15, 0.2) is 0 Å². The lowest BCUT2D eigenvalue weighted by Crippen LogP contribution is -2.48. The van der Waals surface area contributed by atoms with Gasteiger partial charge in [-0.1, -0.05) is 6.92 Å². The summed E-state index contributed by atoms with van der Waals surface area (Å²) in [5, 5.41) is 3.67. The predicted molar refractivity (Wildman–Crippen MR) is 61.3 cm³/mol. The molecule has 1 aromatic rings. The van der Waals surface area contributed by atoms with Crippen molar-refractivity contribution in [1.29, 1.82) is 0 Å². The molecule has 0 amide bonds. The van der Waals surface area contributed by atoms with Gasteiger partial charge in [0, 0.05) is 30.0 Å². The summed E-state index contributed by atoms with van der Waals surface area (Å²) in [6.07, 6.45) is 5.37. The highest BCUT2D eigenvalue weighted by Gasteiger charge is 2.34. The molecule has 0 bridgehead atoms. The fraction of sp³-hybridized carbons (Fsp3) is 0.692. The van der Waals surface area contributed by atoms with Gasteiger partial charge in [-0.15, -0.1) is 0 Å². The number of furan rings is 1. The molecular formula is C13H19NO2. The number of hydrogen-bond donors (Lipinski definition) is 1. The van der Waals surface area contributed by atoms with E-state index >= 15 is 0 Å². The zero-order valence-corrected chi connectivity index (χ0v) is 9.79. The second kappa shape index (κ2) is 3.90. The average molecular weight is 221 g/mol. The Hall–Kier alpha value is -0.800. The fourth-order valence-electron chi connectivity index (χ4n) is 2.62. The third-order valence-corrected chi connectivity index (χ3v) is 3.73. The second-order valence-electron chi connectivity index (χ2n) is 5.43. The summed E-state index contributed by atoms with van der Waals surface area (Å²) in [6, 6.07) is 2.60. The van der Waals surface area contributed by atoms with Crippen molar-refractivity contribution < 1.29 is 9.15 Å². The number of fused-ring (bicyclic) bond motifs is 1. The van der Waals surface area contributed by atoms with Crippen molar-refractivity contribution in [2.45, 2.75) is 32.2 Å². The number of nitrogens with one attached hydrogen (secondary N) is 1. The van der Waals surface area contributed by atoms with Crippen LogP contribution in [0.2, 0.25) is 0 Å². The van der Waals surface area contributed by atoms with Crippen LogP contribution in [0.5, 0.6) is 0 Å². The molecule has 1 aliphatic carbocycles. The molecule has 3 heteroatoms. The van der Waals surface area contributed by atoms with Gasteiger partial charge in [-0.05, 0) is 18.9 Å². The topological polar surface area (TPSA) is 34.4 Å². The van der Waals surface area contributed by atoms with Crippen LogP contribution in [0.4, 0.5) is 0 Å². The monoisotopic (exact) mass is 221 g/mol. The van der Waals surface area contributed by atoms with Crippen LogP contribution in [0.15, 0.2) is 16.7 Å². The molecule has 0 saturated carbocycles. The van der Waals surface area contributed by atoms with Crippen molar-refractivity contribution in [2.24, 2.45) is 5.41 Å². The minimum atomic E-state index is 0.349. The van der Waals surface area contributed by atoms with Gasteiger partial charge in [-0.2, -0.15) is 0 Å². The zero-order valence-electron chi connectivity index (χ0n) is 9.79. The number of hydrogen-bond acceptors (Lipinski definition) is 3. The Morgan fingerprint density at radius 1 is 1.50 bits per heavy atom. The molecule has 1 aromatic heterocycles. The maximum atomic E-state index is 5.49. The first-order chi connectivity index (χ1) is 7.77. The SMILES string of the molecule is CC1(CNC2CCCc3occc32)COC1. The van der Waals surface area contributed by atoms with Crippen LogP contribution in [-0.4, -0.2) is 19.8 Å². The first kappa shape index (κ1) is 10.4. The van der Waals surface area contributed by atoms with Gasteiger partial charge in [0.05, 0.1) is 19.5 Å². The van der Waals surface area contributed by atoms with E-state index in [1.54, 1.807) is 0 Å². The van der Waals surface area contributed by atoms with Gasteiger partial charge in [-0.3, -0.25) is 0 Å². The fourth-order valence-corrected chi connectivity index (χ4v) is 2.62. The van der Waals surface area contributed by atoms with Gasteiger partial charge >= 0.3 is 0 Å². The van der Waals surface area contributed by atoms with E-state index in [1.165, 1.54) is 24.2 Å². The normalized spacial score (nSPS) is 27.2.